The number of hydrogen-bond donors (Lipinski definition) is 1. The van der Waals surface area contributed by atoms with Crippen LogP contribution in [0.15, 0.2) is 54.7 Å². The Labute approximate surface area is 211 Å². The molecule has 2 aliphatic heterocycles. The standard InChI is InChI=1S/C27H30N4O3S/c1-17-15-22(18(2)31(17)20-11-9-19(10-12-20)26(32)33-3)25-24(23-8-4-5-13-28-23)29-27(35)30(25)16-21-7-6-14-34-21/h4-5,8-13,15,21,24-25H,6-7,14,16H2,1-3H3,(H,29,35)/t21-,24-,25+/m0/s1. The molecule has 3 aromatic rings. The van der Waals surface area contributed by atoms with E-state index in [0.717, 1.165) is 53.9 Å². The number of thiocarbonyl (C=S) groups is 1. The first kappa shape index (κ1) is 23.5. The van der Waals surface area contributed by atoms with Crippen LogP contribution in [0.3, 0.4) is 0 Å². The zero-order valence-electron chi connectivity index (χ0n) is 20.2. The van der Waals surface area contributed by atoms with Crippen molar-refractivity contribution in [2.24, 2.45) is 0 Å². The first-order valence-electron chi connectivity index (χ1n) is 11.9. The summed E-state index contributed by atoms with van der Waals surface area (Å²) in [6.45, 7) is 5.80. The van der Waals surface area contributed by atoms with Crippen LogP contribution in [-0.4, -0.2) is 51.9 Å². The summed E-state index contributed by atoms with van der Waals surface area (Å²) < 4.78 is 13.0. The van der Waals surface area contributed by atoms with Crippen LogP contribution in [-0.2, 0) is 9.47 Å². The van der Waals surface area contributed by atoms with E-state index in [2.05, 4.69) is 39.7 Å². The molecule has 2 fully saturated rings. The van der Waals surface area contributed by atoms with Crippen molar-refractivity contribution in [2.45, 2.75) is 44.9 Å². The second-order valence-electron chi connectivity index (χ2n) is 9.11. The molecule has 0 amide bonds. The molecule has 1 N–H and O–H groups in total. The highest BCUT2D eigenvalue weighted by Crippen LogP contribution is 2.42. The summed E-state index contributed by atoms with van der Waals surface area (Å²) in [6.07, 6.45) is 4.13. The minimum absolute atomic E-state index is 0.0177. The summed E-state index contributed by atoms with van der Waals surface area (Å²) in [6, 6.07) is 15.6. The summed E-state index contributed by atoms with van der Waals surface area (Å²) in [5, 5.41) is 4.27. The molecular formula is C27H30N4O3S. The minimum Gasteiger partial charge on any atom is -0.465 e. The maximum absolute atomic E-state index is 11.9. The molecule has 2 saturated heterocycles. The van der Waals surface area contributed by atoms with Gasteiger partial charge >= 0.3 is 5.97 Å². The van der Waals surface area contributed by atoms with Gasteiger partial charge < -0.3 is 24.3 Å². The van der Waals surface area contributed by atoms with Crippen molar-refractivity contribution in [1.82, 2.24) is 19.8 Å². The number of rotatable bonds is 6. The first-order valence-corrected chi connectivity index (χ1v) is 12.4. The normalized spacial score (nSPS) is 21.9. The SMILES string of the molecule is COC(=O)c1ccc(-n2c(C)cc([C@@H]3[C@H](c4ccccn4)NC(=S)N3C[C@@H]3CCCO3)c2C)cc1. The highest BCUT2D eigenvalue weighted by Gasteiger charge is 2.42. The molecule has 35 heavy (non-hydrogen) atoms. The zero-order valence-corrected chi connectivity index (χ0v) is 21.0. The molecule has 3 atom stereocenters. The van der Waals surface area contributed by atoms with Crippen molar-refractivity contribution in [2.75, 3.05) is 20.3 Å². The van der Waals surface area contributed by atoms with Gasteiger partial charge in [-0.3, -0.25) is 4.98 Å². The zero-order chi connectivity index (χ0) is 24.5. The van der Waals surface area contributed by atoms with Gasteiger partial charge in [0.1, 0.15) is 0 Å². The van der Waals surface area contributed by atoms with Gasteiger partial charge in [-0.05, 0) is 86.9 Å². The van der Waals surface area contributed by atoms with Gasteiger partial charge in [0.05, 0.1) is 36.6 Å². The fourth-order valence-corrected chi connectivity index (χ4v) is 5.61. The van der Waals surface area contributed by atoms with E-state index in [1.807, 2.05) is 36.5 Å². The van der Waals surface area contributed by atoms with Crippen LogP contribution in [0.5, 0.6) is 0 Å². The lowest BCUT2D eigenvalue weighted by molar-refractivity contribution is 0.0600. The van der Waals surface area contributed by atoms with Gasteiger partial charge in [0.2, 0.25) is 0 Å². The molecule has 0 spiro atoms. The lowest BCUT2D eigenvalue weighted by Gasteiger charge is -2.30. The van der Waals surface area contributed by atoms with E-state index in [1.165, 1.54) is 12.7 Å². The lowest BCUT2D eigenvalue weighted by atomic mass is 9.96. The summed E-state index contributed by atoms with van der Waals surface area (Å²) in [5.41, 5.74) is 5.92. The average molecular weight is 491 g/mol. The van der Waals surface area contributed by atoms with E-state index >= 15 is 0 Å². The van der Waals surface area contributed by atoms with Crippen molar-refractivity contribution < 1.29 is 14.3 Å². The van der Waals surface area contributed by atoms with Crippen LogP contribution in [0.2, 0.25) is 0 Å². The number of ether oxygens (including phenoxy) is 2. The Balaban J connectivity index is 1.55. The summed E-state index contributed by atoms with van der Waals surface area (Å²) in [5.74, 6) is -0.341. The Morgan fingerprint density at radius 2 is 2.03 bits per heavy atom. The molecule has 2 aliphatic rings. The number of aromatic nitrogens is 2. The van der Waals surface area contributed by atoms with E-state index in [9.17, 15) is 4.79 Å². The molecule has 0 aliphatic carbocycles. The van der Waals surface area contributed by atoms with Crippen LogP contribution >= 0.6 is 12.2 Å². The average Bonchev–Trinajstić information content (AvgIpc) is 3.58. The van der Waals surface area contributed by atoms with Crippen LogP contribution in [0.25, 0.3) is 5.69 Å². The third-order valence-electron chi connectivity index (χ3n) is 6.96. The van der Waals surface area contributed by atoms with Gasteiger partial charge in [-0.1, -0.05) is 6.07 Å². The van der Waals surface area contributed by atoms with E-state index in [-0.39, 0.29) is 24.2 Å². The second-order valence-corrected chi connectivity index (χ2v) is 9.50. The molecule has 5 rings (SSSR count). The van der Waals surface area contributed by atoms with E-state index in [4.69, 9.17) is 21.7 Å². The number of hydrogen-bond acceptors (Lipinski definition) is 5. The molecule has 0 unspecified atom stereocenters. The smallest absolute Gasteiger partial charge is 0.337 e. The van der Waals surface area contributed by atoms with Gasteiger partial charge in [-0.2, -0.15) is 0 Å². The molecule has 182 valence electrons. The van der Waals surface area contributed by atoms with E-state index in [0.29, 0.717) is 5.56 Å². The molecule has 1 aromatic carbocycles. The third-order valence-corrected chi connectivity index (χ3v) is 7.31. The predicted molar refractivity (Wildman–Crippen MR) is 138 cm³/mol. The van der Waals surface area contributed by atoms with Crippen molar-refractivity contribution in [3.8, 4) is 5.69 Å². The fraction of sp³-hybridized carbons (Fsp3) is 0.370. The van der Waals surface area contributed by atoms with Crippen molar-refractivity contribution in [1.29, 1.82) is 0 Å². The van der Waals surface area contributed by atoms with Gasteiger partial charge in [0.15, 0.2) is 5.11 Å². The molecule has 8 heteroatoms. The number of nitrogens with zero attached hydrogens (tertiary/aromatic N) is 3. The Bertz CT molecular complexity index is 1220. The number of methoxy groups -OCH3 is 1. The Morgan fingerprint density at radius 1 is 1.23 bits per heavy atom. The van der Waals surface area contributed by atoms with Gasteiger partial charge in [-0.25, -0.2) is 4.79 Å². The molecule has 0 saturated carbocycles. The Kier molecular flexibility index (Phi) is 6.58. The lowest BCUT2D eigenvalue weighted by Crippen LogP contribution is -2.36. The van der Waals surface area contributed by atoms with Gasteiger partial charge in [0.25, 0.3) is 0 Å². The predicted octanol–water partition coefficient (Wildman–Crippen LogP) is 4.43. The topological polar surface area (TPSA) is 68.6 Å². The monoisotopic (exact) mass is 490 g/mol. The second kappa shape index (κ2) is 9.79. The first-order chi connectivity index (χ1) is 17.0. The van der Waals surface area contributed by atoms with E-state index < -0.39 is 0 Å². The van der Waals surface area contributed by atoms with Crippen LogP contribution in [0.4, 0.5) is 0 Å². The highest BCUT2D eigenvalue weighted by molar-refractivity contribution is 7.80. The number of nitrogens with one attached hydrogen (secondary N) is 1. The largest absolute Gasteiger partial charge is 0.465 e. The highest BCUT2D eigenvalue weighted by atomic mass is 32.1. The van der Waals surface area contributed by atoms with Crippen molar-refractivity contribution >= 4 is 23.3 Å². The minimum atomic E-state index is -0.341. The molecular weight excluding hydrogens is 460 g/mol. The van der Waals surface area contributed by atoms with Crippen LogP contribution < -0.4 is 5.32 Å². The molecule has 7 nitrogen and oxygen atoms in total. The Hall–Kier alpha value is -3.23. The molecule has 2 aromatic heterocycles. The van der Waals surface area contributed by atoms with Gasteiger partial charge in [0, 0.05) is 36.4 Å². The number of carbonyl (C=O) groups excluding carboxylic acids is 1. The maximum atomic E-state index is 11.9. The summed E-state index contributed by atoms with van der Waals surface area (Å²) in [4.78, 5) is 18.8. The number of pyridine rings is 1. The Morgan fingerprint density at radius 3 is 2.69 bits per heavy atom. The van der Waals surface area contributed by atoms with Gasteiger partial charge in [-0.15, -0.1) is 0 Å². The summed E-state index contributed by atoms with van der Waals surface area (Å²) >= 11 is 5.84. The maximum Gasteiger partial charge on any atom is 0.337 e. The number of benzene rings is 1. The van der Waals surface area contributed by atoms with Crippen molar-refractivity contribution in [3.63, 3.8) is 0 Å². The number of aryl methyl sites for hydroxylation is 1. The fourth-order valence-electron chi connectivity index (χ4n) is 5.30. The number of carbonyl (C=O) groups is 1. The molecule has 0 radical (unpaired) electrons. The van der Waals surface area contributed by atoms with Crippen LogP contribution in [0.1, 0.15) is 57.9 Å². The summed E-state index contributed by atoms with van der Waals surface area (Å²) in [7, 11) is 1.39. The van der Waals surface area contributed by atoms with Crippen LogP contribution in [0, 0.1) is 13.8 Å². The van der Waals surface area contributed by atoms with E-state index in [1.54, 1.807) is 12.1 Å². The number of esters is 1. The molecule has 4 heterocycles. The quantitative estimate of drug-likeness (QED) is 0.405. The van der Waals surface area contributed by atoms with Crippen molar-refractivity contribution in [3.05, 3.63) is 82.9 Å². The third kappa shape index (κ3) is 4.44. The molecule has 0 bridgehead atoms.